The third-order valence-corrected chi connectivity index (χ3v) is 3.97. The van der Waals surface area contributed by atoms with E-state index in [1.807, 2.05) is 44.2 Å². The van der Waals surface area contributed by atoms with Crippen LogP contribution in [0.15, 0.2) is 54.6 Å². The first-order valence-electron chi connectivity index (χ1n) is 8.89. The first-order valence-corrected chi connectivity index (χ1v) is 8.89. The number of carbonyl (C=O) groups excluding carboxylic acids is 2. The van der Waals surface area contributed by atoms with E-state index in [0.29, 0.717) is 12.3 Å². The van der Waals surface area contributed by atoms with Crippen LogP contribution in [0.1, 0.15) is 26.3 Å². The van der Waals surface area contributed by atoms with E-state index in [1.165, 1.54) is 29.2 Å². The van der Waals surface area contributed by atoms with Gasteiger partial charge in [0, 0.05) is 12.6 Å². The van der Waals surface area contributed by atoms with Crippen LogP contribution in [-0.4, -0.2) is 35.4 Å². The molecule has 0 spiro atoms. The van der Waals surface area contributed by atoms with Crippen LogP contribution >= 0.6 is 0 Å². The molecule has 27 heavy (non-hydrogen) atoms. The van der Waals surface area contributed by atoms with Gasteiger partial charge in [0.15, 0.2) is 6.61 Å². The van der Waals surface area contributed by atoms with Gasteiger partial charge in [0.2, 0.25) is 5.91 Å². The Morgan fingerprint density at radius 3 is 2.26 bits per heavy atom. The van der Waals surface area contributed by atoms with Gasteiger partial charge in [-0.2, -0.15) is 0 Å². The number of nitrogens with zero attached hydrogens (tertiary/aromatic N) is 1. The van der Waals surface area contributed by atoms with Gasteiger partial charge in [-0.1, -0.05) is 30.3 Å². The minimum absolute atomic E-state index is 0.0240. The van der Waals surface area contributed by atoms with Crippen LogP contribution in [-0.2, 0) is 16.1 Å². The molecular weight excluding hydrogens is 347 g/mol. The van der Waals surface area contributed by atoms with Crippen molar-refractivity contribution in [3.05, 3.63) is 66.0 Å². The van der Waals surface area contributed by atoms with E-state index in [9.17, 15) is 14.0 Å². The van der Waals surface area contributed by atoms with Gasteiger partial charge in [-0.25, -0.2) is 4.39 Å². The largest absolute Gasteiger partial charge is 0.484 e. The zero-order valence-corrected chi connectivity index (χ0v) is 15.8. The second-order valence-electron chi connectivity index (χ2n) is 6.59. The molecule has 0 aliphatic carbocycles. The molecule has 1 N–H and O–H groups in total. The predicted octanol–water partition coefficient (Wildman–Crippen LogP) is 3.15. The van der Waals surface area contributed by atoms with Crippen LogP contribution < -0.4 is 10.1 Å². The van der Waals surface area contributed by atoms with Gasteiger partial charge in [-0.15, -0.1) is 0 Å². The van der Waals surface area contributed by atoms with E-state index in [2.05, 4.69) is 5.32 Å². The summed E-state index contributed by atoms with van der Waals surface area (Å²) in [7, 11) is 0. The highest BCUT2D eigenvalue weighted by Crippen LogP contribution is 2.13. The Bertz CT molecular complexity index is 748. The smallest absolute Gasteiger partial charge is 0.261 e. The van der Waals surface area contributed by atoms with Crippen molar-refractivity contribution >= 4 is 11.8 Å². The molecule has 0 aliphatic rings. The molecule has 2 rings (SSSR count). The van der Waals surface area contributed by atoms with Crippen LogP contribution in [0.4, 0.5) is 4.39 Å². The fourth-order valence-electron chi connectivity index (χ4n) is 2.53. The average molecular weight is 372 g/mol. The van der Waals surface area contributed by atoms with E-state index in [0.717, 1.165) is 5.56 Å². The minimum Gasteiger partial charge on any atom is -0.484 e. The summed E-state index contributed by atoms with van der Waals surface area (Å²) in [5.41, 5.74) is 0.914. The third-order valence-electron chi connectivity index (χ3n) is 3.97. The number of hydrogen-bond acceptors (Lipinski definition) is 3. The Hall–Kier alpha value is -2.89. The maximum absolute atomic E-state index is 13.0. The Labute approximate surface area is 159 Å². The zero-order chi connectivity index (χ0) is 19.8. The highest BCUT2D eigenvalue weighted by atomic mass is 19.1. The Balaban J connectivity index is 2.10. The summed E-state index contributed by atoms with van der Waals surface area (Å²) in [4.78, 5) is 26.7. The second kappa shape index (κ2) is 9.71. The van der Waals surface area contributed by atoms with Crippen LogP contribution in [0, 0.1) is 5.82 Å². The van der Waals surface area contributed by atoms with Crippen LogP contribution in [0.5, 0.6) is 5.75 Å². The molecule has 0 fully saturated rings. The Morgan fingerprint density at radius 1 is 1.04 bits per heavy atom. The summed E-state index contributed by atoms with van der Waals surface area (Å²) in [6, 6.07) is 14.2. The van der Waals surface area contributed by atoms with Crippen LogP contribution in [0.25, 0.3) is 0 Å². The van der Waals surface area contributed by atoms with Gasteiger partial charge < -0.3 is 15.0 Å². The van der Waals surface area contributed by atoms with Gasteiger partial charge >= 0.3 is 0 Å². The average Bonchev–Trinajstić information content (AvgIpc) is 2.65. The lowest BCUT2D eigenvalue weighted by Crippen LogP contribution is -2.50. The molecule has 0 unspecified atom stereocenters. The Kier molecular flexibility index (Phi) is 7.34. The fraction of sp³-hybridized carbons (Fsp3) is 0.333. The number of halogens is 1. The summed E-state index contributed by atoms with van der Waals surface area (Å²) in [5, 5.41) is 2.83. The lowest BCUT2D eigenvalue weighted by molar-refractivity contribution is -0.142. The Morgan fingerprint density at radius 2 is 1.67 bits per heavy atom. The van der Waals surface area contributed by atoms with Crippen LogP contribution in [0.3, 0.4) is 0 Å². The number of ether oxygens (including phenoxy) is 1. The molecule has 2 amide bonds. The van der Waals surface area contributed by atoms with E-state index in [-0.39, 0.29) is 30.3 Å². The quantitative estimate of drug-likeness (QED) is 0.774. The molecule has 5 nitrogen and oxygen atoms in total. The zero-order valence-electron chi connectivity index (χ0n) is 15.8. The number of benzene rings is 2. The summed E-state index contributed by atoms with van der Waals surface area (Å²) < 4.78 is 18.4. The van der Waals surface area contributed by atoms with Gasteiger partial charge in [0.1, 0.15) is 17.6 Å². The third kappa shape index (κ3) is 6.40. The van der Waals surface area contributed by atoms with Crippen molar-refractivity contribution in [3.63, 3.8) is 0 Å². The molecule has 0 aliphatic heterocycles. The number of carbonyl (C=O) groups is 2. The molecule has 6 heteroatoms. The van der Waals surface area contributed by atoms with Crippen molar-refractivity contribution in [1.29, 1.82) is 0 Å². The number of amides is 2. The second-order valence-corrected chi connectivity index (χ2v) is 6.59. The van der Waals surface area contributed by atoms with Crippen molar-refractivity contribution in [2.75, 3.05) is 6.61 Å². The first kappa shape index (κ1) is 20.4. The molecule has 0 saturated carbocycles. The lowest BCUT2D eigenvalue weighted by atomic mass is 10.1. The molecular formula is C21H25FN2O3. The number of hydrogen-bond donors (Lipinski definition) is 1. The molecule has 1 atom stereocenters. The molecule has 0 bridgehead atoms. The van der Waals surface area contributed by atoms with Crippen molar-refractivity contribution in [3.8, 4) is 5.75 Å². The van der Waals surface area contributed by atoms with Crippen LogP contribution in [0.2, 0.25) is 0 Å². The van der Waals surface area contributed by atoms with Gasteiger partial charge in [0.05, 0.1) is 0 Å². The standard InChI is InChI=1S/C21H25FN2O3/c1-15(2)23-21(26)16(3)24(13-17-7-5-4-6-8-17)20(25)14-27-19-11-9-18(22)10-12-19/h4-12,15-16H,13-14H2,1-3H3,(H,23,26)/t16-/m0/s1. The molecule has 144 valence electrons. The molecule has 2 aromatic rings. The van der Waals surface area contributed by atoms with E-state index < -0.39 is 6.04 Å². The maximum atomic E-state index is 13.0. The van der Waals surface area contributed by atoms with Crippen molar-refractivity contribution in [2.45, 2.75) is 39.4 Å². The van der Waals surface area contributed by atoms with Gasteiger partial charge in [0.25, 0.3) is 5.91 Å². The maximum Gasteiger partial charge on any atom is 0.261 e. The number of nitrogens with one attached hydrogen (secondary N) is 1. The lowest BCUT2D eigenvalue weighted by Gasteiger charge is -2.29. The molecule has 0 radical (unpaired) electrons. The summed E-state index contributed by atoms with van der Waals surface area (Å²) >= 11 is 0. The van der Waals surface area contributed by atoms with Crippen molar-refractivity contribution in [2.24, 2.45) is 0 Å². The van der Waals surface area contributed by atoms with Gasteiger partial charge in [-0.05, 0) is 50.6 Å². The van der Waals surface area contributed by atoms with E-state index >= 15 is 0 Å². The van der Waals surface area contributed by atoms with E-state index in [4.69, 9.17) is 4.74 Å². The highest BCUT2D eigenvalue weighted by molar-refractivity contribution is 5.88. The van der Waals surface area contributed by atoms with Crippen molar-refractivity contribution < 1.29 is 18.7 Å². The first-order chi connectivity index (χ1) is 12.9. The molecule has 2 aromatic carbocycles. The predicted molar refractivity (Wildman–Crippen MR) is 102 cm³/mol. The van der Waals surface area contributed by atoms with Gasteiger partial charge in [-0.3, -0.25) is 9.59 Å². The summed E-state index contributed by atoms with van der Waals surface area (Å²) in [5.74, 6) is -0.535. The highest BCUT2D eigenvalue weighted by Gasteiger charge is 2.26. The monoisotopic (exact) mass is 372 g/mol. The topological polar surface area (TPSA) is 58.6 Å². The number of rotatable bonds is 8. The minimum atomic E-state index is -0.656. The van der Waals surface area contributed by atoms with Crippen molar-refractivity contribution in [1.82, 2.24) is 10.2 Å². The normalized spacial score (nSPS) is 11.7. The van der Waals surface area contributed by atoms with E-state index in [1.54, 1.807) is 6.92 Å². The molecule has 0 saturated heterocycles. The SMILES string of the molecule is CC(C)NC(=O)[C@H](C)N(Cc1ccccc1)C(=O)COc1ccc(F)cc1. The summed E-state index contributed by atoms with van der Waals surface area (Å²) in [6.45, 7) is 5.48. The summed E-state index contributed by atoms with van der Waals surface area (Å²) in [6.07, 6.45) is 0. The molecule has 0 heterocycles. The molecule has 0 aromatic heterocycles. The fourth-order valence-corrected chi connectivity index (χ4v) is 2.53.